The Labute approximate surface area is 116 Å². The lowest BCUT2D eigenvalue weighted by molar-refractivity contribution is -0.0143. The summed E-state index contributed by atoms with van der Waals surface area (Å²) in [6.45, 7) is 3.03. The van der Waals surface area contributed by atoms with E-state index in [-0.39, 0.29) is 0 Å². The second-order valence-electron chi connectivity index (χ2n) is 7.11. The van der Waals surface area contributed by atoms with Crippen LogP contribution in [0.4, 0.5) is 0 Å². The highest BCUT2D eigenvalue weighted by Gasteiger charge is 2.47. The van der Waals surface area contributed by atoms with E-state index in [0.717, 1.165) is 42.0 Å². The highest BCUT2D eigenvalue weighted by atomic mass is 15.0. The lowest BCUT2D eigenvalue weighted by atomic mass is 9.54. The van der Waals surface area contributed by atoms with Crippen LogP contribution in [0.15, 0.2) is 18.2 Å². The Morgan fingerprint density at radius 3 is 2.37 bits per heavy atom. The fourth-order valence-electron chi connectivity index (χ4n) is 5.18. The summed E-state index contributed by atoms with van der Waals surface area (Å²) in [6.07, 6.45) is 7.51. The number of hydrogen-bond acceptors (Lipinski definition) is 2. The Morgan fingerprint density at radius 1 is 1.05 bits per heavy atom. The van der Waals surface area contributed by atoms with Crippen molar-refractivity contribution in [2.24, 2.45) is 23.7 Å². The van der Waals surface area contributed by atoms with Crippen LogP contribution in [0.25, 0.3) is 0 Å². The molecule has 2 nitrogen and oxygen atoms in total. The number of nitrogens with zero attached hydrogens (tertiary/aromatic N) is 1. The molecule has 5 rings (SSSR count). The number of aromatic nitrogens is 1. The van der Waals surface area contributed by atoms with Gasteiger partial charge in [0.05, 0.1) is 5.69 Å². The number of hydrogen-bond donors (Lipinski definition) is 1. The molecule has 0 spiro atoms. The summed E-state index contributed by atoms with van der Waals surface area (Å²) < 4.78 is 0. The van der Waals surface area contributed by atoms with Crippen molar-refractivity contribution in [2.45, 2.75) is 51.6 Å². The van der Waals surface area contributed by atoms with Gasteiger partial charge in [-0.1, -0.05) is 6.07 Å². The van der Waals surface area contributed by atoms with Gasteiger partial charge in [0.15, 0.2) is 0 Å². The predicted molar refractivity (Wildman–Crippen MR) is 76.6 cm³/mol. The van der Waals surface area contributed by atoms with Gasteiger partial charge in [-0.05, 0) is 74.8 Å². The van der Waals surface area contributed by atoms with E-state index in [1.165, 1.54) is 31.4 Å². The summed E-state index contributed by atoms with van der Waals surface area (Å²) >= 11 is 0. The van der Waals surface area contributed by atoms with E-state index in [4.69, 9.17) is 0 Å². The lowest BCUT2D eigenvalue weighted by Gasteiger charge is -2.54. The van der Waals surface area contributed by atoms with E-state index < -0.39 is 0 Å². The van der Waals surface area contributed by atoms with Crippen LogP contribution in [0.5, 0.6) is 0 Å². The van der Waals surface area contributed by atoms with Crippen LogP contribution in [-0.4, -0.2) is 11.0 Å². The molecule has 0 amide bonds. The minimum atomic E-state index is 0.773. The third-order valence-corrected chi connectivity index (χ3v) is 5.69. The van der Waals surface area contributed by atoms with Gasteiger partial charge in [0.25, 0.3) is 0 Å². The van der Waals surface area contributed by atoms with Crippen molar-refractivity contribution in [3.05, 3.63) is 29.6 Å². The van der Waals surface area contributed by atoms with Crippen LogP contribution in [0.2, 0.25) is 0 Å². The molecule has 1 aromatic heterocycles. The zero-order valence-corrected chi connectivity index (χ0v) is 11.8. The molecule has 4 saturated carbocycles. The standard InChI is InChI=1S/C17H24N2/c1-11-3-2-4-16(19-11)10-18-17-14-6-12-5-13(8-14)9-15(17)7-12/h2-4,12-15,17-18H,5-10H2,1H3. The second kappa shape index (κ2) is 4.59. The first-order chi connectivity index (χ1) is 9.28. The van der Waals surface area contributed by atoms with Crippen LogP contribution in [-0.2, 0) is 6.54 Å². The van der Waals surface area contributed by atoms with E-state index >= 15 is 0 Å². The van der Waals surface area contributed by atoms with Crippen molar-refractivity contribution < 1.29 is 0 Å². The summed E-state index contributed by atoms with van der Waals surface area (Å²) in [4.78, 5) is 4.61. The quantitative estimate of drug-likeness (QED) is 0.897. The fraction of sp³-hybridized carbons (Fsp3) is 0.706. The van der Waals surface area contributed by atoms with Gasteiger partial charge in [0, 0.05) is 18.3 Å². The third-order valence-electron chi connectivity index (χ3n) is 5.69. The van der Waals surface area contributed by atoms with Crippen molar-refractivity contribution in [3.8, 4) is 0 Å². The van der Waals surface area contributed by atoms with Gasteiger partial charge < -0.3 is 5.32 Å². The topological polar surface area (TPSA) is 24.9 Å². The summed E-state index contributed by atoms with van der Waals surface area (Å²) in [7, 11) is 0. The number of nitrogens with one attached hydrogen (secondary N) is 1. The van der Waals surface area contributed by atoms with Crippen LogP contribution >= 0.6 is 0 Å². The van der Waals surface area contributed by atoms with E-state index in [9.17, 15) is 0 Å². The first-order valence-corrected chi connectivity index (χ1v) is 7.94. The summed E-state index contributed by atoms with van der Waals surface area (Å²) in [5, 5.41) is 3.85. The molecule has 0 radical (unpaired) electrons. The molecule has 0 aliphatic heterocycles. The summed E-state index contributed by atoms with van der Waals surface area (Å²) in [5.74, 6) is 4.05. The maximum atomic E-state index is 4.61. The first-order valence-electron chi connectivity index (χ1n) is 7.94. The van der Waals surface area contributed by atoms with Crippen molar-refractivity contribution >= 4 is 0 Å². The van der Waals surface area contributed by atoms with Gasteiger partial charge >= 0.3 is 0 Å². The Hall–Kier alpha value is -0.890. The van der Waals surface area contributed by atoms with Crippen molar-refractivity contribution in [1.82, 2.24) is 10.3 Å². The SMILES string of the molecule is Cc1cccc(CNC2C3CC4CC(C3)CC2C4)n1. The average Bonchev–Trinajstić information content (AvgIpc) is 2.37. The van der Waals surface area contributed by atoms with Gasteiger partial charge in [-0.2, -0.15) is 0 Å². The number of rotatable bonds is 3. The number of pyridine rings is 1. The molecular weight excluding hydrogens is 232 g/mol. The van der Waals surface area contributed by atoms with Crippen molar-refractivity contribution in [1.29, 1.82) is 0 Å². The van der Waals surface area contributed by atoms with Gasteiger partial charge in [0.2, 0.25) is 0 Å². The van der Waals surface area contributed by atoms with Crippen LogP contribution in [0.1, 0.15) is 43.5 Å². The van der Waals surface area contributed by atoms with Gasteiger partial charge in [-0.3, -0.25) is 4.98 Å². The predicted octanol–water partition coefficient (Wildman–Crippen LogP) is 3.30. The summed E-state index contributed by atoms with van der Waals surface area (Å²) in [6, 6.07) is 7.12. The molecule has 4 aliphatic carbocycles. The molecule has 0 saturated heterocycles. The maximum absolute atomic E-state index is 4.61. The fourth-order valence-corrected chi connectivity index (χ4v) is 5.18. The molecule has 4 fully saturated rings. The number of aryl methyl sites for hydroxylation is 1. The van der Waals surface area contributed by atoms with E-state index in [0.29, 0.717) is 0 Å². The zero-order valence-electron chi connectivity index (χ0n) is 11.8. The van der Waals surface area contributed by atoms with Crippen LogP contribution in [0.3, 0.4) is 0 Å². The third kappa shape index (κ3) is 2.20. The van der Waals surface area contributed by atoms with Gasteiger partial charge in [-0.25, -0.2) is 0 Å². The Morgan fingerprint density at radius 2 is 1.74 bits per heavy atom. The summed E-state index contributed by atoms with van der Waals surface area (Å²) in [5.41, 5.74) is 2.33. The molecule has 1 aromatic rings. The Balaban J connectivity index is 1.43. The molecule has 102 valence electrons. The smallest absolute Gasteiger partial charge is 0.0544 e. The molecular formula is C17H24N2. The molecule has 0 unspecified atom stereocenters. The average molecular weight is 256 g/mol. The molecule has 0 atom stereocenters. The molecule has 1 heterocycles. The molecule has 1 N–H and O–H groups in total. The van der Waals surface area contributed by atoms with Crippen molar-refractivity contribution in [2.75, 3.05) is 0 Å². The minimum Gasteiger partial charge on any atom is -0.308 e. The molecule has 19 heavy (non-hydrogen) atoms. The Bertz CT molecular complexity index is 440. The van der Waals surface area contributed by atoms with E-state index in [2.05, 4.69) is 35.4 Å². The largest absolute Gasteiger partial charge is 0.308 e. The molecule has 4 aliphatic rings. The zero-order chi connectivity index (χ0) is 12.8. The monoisotopic (exact) mass is 256 g/mol. The van der Waals surface area contributed by atoms with Crippen LogP contribution < -0.4 is 5.32 Å². The second-order valence-corrected chi connectivity index (χ2v) is 7.11. The van der Waals surface area contributed by atoms with Gasteiger partial charge in [-0.15, -0.1) is 0 Å². The van der Waals surface area contributed by atoms with E-state index in [1.54, 1.807) is 6.42 Å². The van der Waals surface area contributed by atoms with Crippen LogP contribution in [0, 0.1) is 30.6 Å². The highest BCUT2D eigenvalue weighted by molar-refractivity contribution is 5.10. The maximum Gasteiger partial charge on any atom is 0.0544 e. The van der Waals surface area contributed by atoms with E-state index in [1.807, 2.05) is 0 Å². The normalized spacial score (nSPS) is 39.7. The molecule has 4 bridgehead atoms. The van der Waals surface area contributed by atoms with Gasteiger partial charge in [0.1, 0.15) is 0 Å². The molecule has 2 heteroatoms. The Kier molecular flexibility index (Phi) is 2.87. The lowest BCUT2D eigenvalue weighted by Crippen LogP contribution is -2.54. The first kappa shape index (κ1) is 11.9. The highest BCUT2D eigenvalue weighted by Crippen LogP contribution is 2.53. The minimum absolute atomic E-state index is 0.773. The molecule has 0 aromatic carbocycles. The van der Waals surface area contributed by atoms with Crippen molar-refractivity contribution in [3.63, 3.8) is 0 Å².